The van der Waals surface area contributed by atoms with Crippen molar-refractivity contribution < 1.29 is 4.74 Å². The Bertz CT molecular complexity index is 288. The van der Waals surface area contributed by atoms with Crippen molar-refractivity contribution in [3.05, 3.63) is 0 Å². The second kappa shape index (κ2) is 6.11. The third kappa shape index (κ3) is 3.50. The largest absolute Gasteiger partial charge is 0.375 e. The fraction of sp³-hybridized carbons (Fsp3) is 1.00. The molecule has 3 nitrogen and oxygen atoms in total. The predicted octanol–water partition coefficient (Wildman–Crippen LogP) is 2.41. The van der Waals surface area contributed by atoms with E-state index in [2.05, 4.69) is 17.3 Å². The maximum Gasteiger partial charge on any atom is 0.0697 e. The number of hydrogen-bond donors (Lipinski definition) is 1. The van der Waals surface area contributed by atoms with Crippen LogP contribution in [0.5, 0.6) is 0 Å². The van der Waals surface area contributed by atoms with Gasteiger partial charge in [0, 0.05) is 19.2 Å². The summed E-state index contributed by atoms with van der Waals surface area (Å²) in [6.45, 7) is 4.76. The van der Waals surface area contributed by atoms with Gasteiger partial charge in [-0.1, -0.05) is 12.8 Å². The standard InChI is InChI=1S/C16H30N2O/c1-18-9-4-5-14(13-18)12-17-15-6-10-19-16(11-15)7-2-3-8-16/h14-15,17H,2-13H2,1H3. The van der Waals surface area contributed by atoms with Crippen LogP contribution in [0.1, 0.15) is 51.4 Å². The number of rotatable bonds is 3. The zero-order valence-corrected chi connectivity index (χ0v) is 12.5. The summed E-state index contributed by atoms with van der Waals surface area (Å²) >= 11 is 0. The second-order valence-electron chi connectivity index (χ2n) is 7.11. The van der Waals surface area contributed by atoms with E-state index in [9.17, 15) is 0 Å². The van der Waals surface area contributed by atoms with Gasteiger partial charge >= 0.3 is 0 Å². The van der Waals surface area contributed by atoms with Crippen LogP contribution in [0, 0.1) is 5.92 Å². The first kappa shape index (κ1) is 13.8. The van der Waals surface area contributed by atoms with Crippen LogP contribution in [0.2, 0.25) is 0 Å². The minimum absolute atomic E-state index is 0.263. The minimum Gasteiger partial charge on any atom is -0.375 e. The van der Waals surface area contributed by atoms with Crippen molar-refractivity contribution in [3.8, 4) is 0 Å². The van der Waals surface area contributed by atoms with E-state index in [4.69, 9.17) is 4.74 Å². The SMILES string of the molecule is CN1CCCC(CNC2CCOC3(CCCC3)C2)C1. The summed E-state index contributed by atoms with van der Waals surface area (Å²) < 4.78 is 6.12. The highest BCUT2D eigenvalue weighted by molar-refractivity contribution is 4.93. The lowest BCUT2D eigenvalue weighted by Gasteiger charge is -2.39. The van der Waals surface area contributed by atoms with Gasteiger partial charge in [-0.15, -0.1) is 0 Å². The maximum absolute atomic E-state index is 6.12. The van der Waals surface area contributed by atoms with Crippen LogP contribution in [-0.4, -0.2) is 49.8 Å². The van der Waals surface area contributed by atoms with Crippen molar-refractivity contribution in [2.75, 3.05) is 33.3 Å². The molecule has 110 valence electrons. The van der Waals surface area contributed by atoms with Crippen LogP contribution in [-0.2, 0) is 4.74 Å². The third-order valence-corrected chi connectivity index (χ3v) is 5.43. The molecule has 3 rings (SSSR count). The molecule has 1 saturated carbocycles. The Labute approximate surface area is 118 Å². The number of ether oxygens (including phenoxy) is 1. The Hall–Kier alpha value is -0.120. The summed E-state index contributed by atoms with van der Waals surface area (Å²) in [6, 6.07) is 0.707. The molecule has 19 heavy (non-hydrogen) atoms. The van der Waals surface area contributed by atoms with Gasteiger partial charge in [0.15, 0.2) is 0 Å². The quantitative estimate of drug-likeness (QED) is 0.849. The number of likely N-dealkylation sites (tertiary alicyclic amines) is 1. The molecule has 0 aromatic carbocycles. The molecule has 3 aliphatic rings. The van der Waals surface area contributed by atoms with E-state index in [1.54, 1.807) is 0 Å². The predicted molar refractivity (Wildman–Crippen MR) is 78.4 cm³/mol. The molecule has 2 aliphatic heterocycles. The highest BCUT2D eigenvalue weighted by atomic mass is 16.5. The normalized spacial score (nSPS) is 35.8. The van der Waals surface area contributed by atoms with E-state index in [0.717, 1.165) is 12.5 Å². The van der Waals surface area contributed by atoms with Crippen LogP contribution < -0.4 is 5.32 Å². The molecule has 1 spiro atoms. The maximum atomic E-state index is 6.12. The van der Waals surface area contributed by atoms with Crippen LogP contribution in [0.3, 0.4) is 0 Å². The molecule has 0 bridgehead atoms. The van der Waals surface area contributed by atoms with E-state index >= 15 is 0 Å². The van der Waals surface area contributed by atoms with Crippen molar-refractivity contribution in [1.82, 2.24) is 10.2 Å². The third-order valence-electron chi connectivity index (χ3n) is 5.43. The molecule has 0 radical (unpaired) electrons. The molecule has 0 amide bonds. The van der Waals surface area contributed by atoms with E-state index < -0.39 is 0 Å². The van der Waals surface area contributed by atoms with Gasteiger partial charge in [-0.25, -0.2) is 0 Å². The van der Waals surface area contributed by atoms with Gasteiger partial charge in [0.05, 0.1) is 5.60 Å². The van der Waals surface area contributed by atoms with Crippen molar-refractivity contribution >= 4 is 0 Å². The van der Waals surface area contributed by atoms with Gasteiger partial charge in [0.1, 0.15) is 0 Å². The highest BCUT2D eigenvalue weighted by Gasteiger charge is 2.39. The summed E-state index contributed by atoms with van der Waals surface area (Å²) in [7, 11) is 2.26. The van der Waals surface area contributed by atoms with Crippen molar-refractivity contribution in [2.45, 2.75) is 63.0 Å². The van der Waals surface area contributed by atoms with Crippen LogP contribution in [0.25, 0.3) is 0 Å². The molecule has 0 aromatic heterocycles. The first-order valence-electron chi connectivity index (χ1n) is 8.32. The zero-order chi connectivity index (χ0) is 13.1. The monoisotopic (exact) mass is 266 g/mol. The average molecular weight is 266 g/mol. The molecule has 1 N–H and O–H groups in total. The number of nitrogens with zero attached hydrogens (tertiary/aromatic N) is 1. The van der Waals surface area contributed by atoms with E-state index in [1.165, 1.54) is 71.0 Å². The van der Waals surface area contributed by atoms with Gasteiger partial charge in [0.2, 0.25) is 0 Å². The van der Waals surface area contributed by atoms with Crippen LogP contribution in [0.4, 0.5) is 0 Å². The van der Waals surface area contributed by atoms with E-state index in [-0.39, 0.29) is 5.60 Å². The molecule has 3 heteroatoms. The molecule has 3 fully saturated rings. The van der Waals surface area contributed by atoms with Crippen LogP contribution in [0.15, 0.2) is 0 Å². The molecule has 2 heterocycles. The Morgan fingerprint density at radius 1 is 1.21 bits per heavy atom. The molecular weight excluding hydrogens is 236 g/mol. The number of hydrogen-bond acceptors (Lipinski definition) is 3. The number of nitrogens with one attached hydrogen (secondary N) is 1. The summed E-state index contributed by atoms with van der Waals surface area (Å²) in [4.78, 5) is 2.48. The second-order valence-corrected chi connectivity index (χ2v) is 7.11. The van der Waals surface area contributed by atoms with E-state index in [1.807, 2.05) is 0 Å². The van der Waals surface area contributed by atoms with Gasteiger partial charge in [-0.2, -0.15) is 0 Å². The molecule has 2 atom stereocenters. The van der Waals surface area contributed by atoms with Gasteiger partial charge < -0.3 is 15.0 Å². The molecule has 1 aliphatic carbocycles. The lowest BCUT2D eigenvalue weighted by atomic mass is 9.88. The average Bonchev–Trinajstić information content (AvgIpc) is 2.85. The van der Waals surface area contributed by atoms with E-state index in [0.29, 0.717) is 6.04 Å². The van der Waals surface area contributed by atoms with Crippen molar-refractivity contribution in [3.63, 3.8) is 0 Å². The van der Waals surface area contributed by atoms with Gasteiger partial charge in [-0.3, -0.25) is 0 Å². The zero-order valence-electron chi connectivity index (χ0n) is 12.5. The first-order chi connectivity index (χ1) is 9.26. The molecule has 2 unspecified atom stereocenters. The highest BCUT2D eigenvalue weighted by Crippen LogP contribution is 2.40. The summed E-state index contributed by atoms with van der Waals surface area (Å²) in [5.74, 6) is 0.862. The Balaban J connectivity index is 1.44. The summed E-state index contributed by atoms with van der Waals surface area (Å²) in [6.07, 6.45) is 10.6. The first-order valence-corrected chi connectivity index (χ1v) is 8.32. The fourth-order valence-corrected chi connectivity index (χ4v) is 4.34. The molecule has 0 aromatic rings. The number of piperidine rings is 1. The Kier molecular flexibility index (Phi) is 4.45. The van der Waals surface area contributed by atoms with Gasteiger partial charge in [-0.05, 0) is 64.6 Å². The topological polar surface area (TPSA) is 24.5 Å². The molecule has 2 saturated heterocycles. The molecular formula is C16H30N2O. The van der Waals surface area contributed by atoms with Crippen molar-refractivity contribution in [2.24, 2.45) is 5.92 Å². The summed E-state index contributed by atoms with van der Waals surface area (Å²) in [5.41, 5.74) is 0.263. The van der Waals surface area contributed by atoms with Gasteiger partial charge in [0.25, 0.3) is 0 Å². The van der Waals surface area contributed by atoms with Crippen LogP contribution >= 0.6 is 0 Å². The lowest BCUT2D eigenvalue weighted by Crippen LogP contribution is -2.48. The Morgan fingerprint density at radius 3 is 2.84 bits per heavy atom. The fourth-order valence-electron chi connectivity index (χ4n) is 4.34. The Morgan fingerprint density at radius 2 is 2.05 bits per heavy atom. The smallest absolute Gasteiger partial charge is 0.0697 e. The minimum atomic E-state index is 0.263. The lowest BCUT2D eigenvalue weighted by molar-refractivity contribution is -0.0840. The summed E-state index contributed by atoms with van der Waals surface area (Å²) in [5, 5.41) is 3.86. The van der Waals surface area contributed by atoms with Crippen molar-refractivity contribution in [1.29, 1.82) is 0 Å².